The maximum Gasteiger partial charge on any atom is 0.329 e. The largest absolute Gasteiger partial charge is 0.495 e. The Bertz CT molecular complexity index is 1350. The lowest BCUT2D eigenvalue weighted by atomic mass is 10.1. The van der Waals surface area contributed by atoms with Gasteiger partial charge in [-0.1, -0.05) is 18.2 Å². The van der Waals surface area contributed by atoms with E-state index in [9.17, 15) is 14.4 Å². The average Bonchev–Trinajstić information content (AvgIpc) is 3.22. The third kappa shape index (κ3) is 4.82. The van der Waals surface area contributed by atoms with E-state index in [1.165, 1.54) is 7.11 Å². The molecule has 2 heterocycles. The number of amides is 4. The minimum absolute atomic E-state index is 0.126. The molecule has 0 saturated carbocycles. The second-order valence-corrected chi connectivity index (χ2v) is 8.64. The molecule has 8 heteroatoms. The number of para-hydroxylation sites is 2. The lowest BCUT2D eigenvalue weighted by Crippen LogP contribution is -2.38. The molecule has 4 rings (SSSR count). The van der Waals surface area contributed by atoms with Crippen molar-refractivity contribution in [2.45, 2.75) is 27.7 Å². The summed E-state index contributed by atoms with van der Waals surface area (Å²) in [5.41, 5.74) is 6.70. The Labute approximate surface area is 204 Å². The predicted octanol–water partition coefficient (Wildman–Crippen LogP) is 4.25. The molecule has 4 amide bonds. The van der Waals surface area contributed by atoms with Crippen LogP contribution in [-0.2, 0) is 9.59 Å². The number of carbonyl (C=O) groups is 3. The fourth-order valence-electron chi connectivity index (χ4n) is 4.36. The molecule has 0 spiro atoms. The zero-order valence-corrected chi connectivity index (χ0v) is 20.4. The standard InChI is InChI=1S/C27H28N4O4/c1-16-10-17(2)12-21(11-16)31-18(3)13-20(19(31)4)14-23-26(33)30(27(34)29-23)15-25(32)28-22-8-6-7-9-24(22)35-5/h6-14H,15H2,1-5H3,(H,28,32)(H,29,34)/b23-14+. The van der Waals surface area contributed by atoms with Crippen molar-refractivity contribution < 1.29 is 19.1 Å². The molecule has 1 aliphatic heterocycles. The SMILES string of the molecule is COc1ccccc1NC(=O)CN1C(=O)N/C(=C/c2cc(C)n(-c3cc(C)cc(C)c3)c2C)C1=O. The number of rotatable bonds is 6. The number of imide groups is 1. The van der Waals surface area contributed by atoms with E-state index in [0.29, 0.717) is 11.4 Å². The van der Waals surface area contributed by atoms with Crippen LogP contribution in [0.5, 0.6) is 5.75 Å². The van der Waals surface area contributed by atoms with Gasteiger partial charge in [-0.15, -0.1) is 0 Å². The molecule has 0 aliphatic carbocycles. The van der Waals surface area contributed by atoms with Gasteiger partial charge < -0.3 is 19.9 Å². The number of urea groups is 1. The smallest absolute Gasteiger partial charge is 0.329 e. The van der Waals surface area contributed by atoms with Crippen molar-refractivity contribution in [3.63, 3.8) is 0 Å². The number of anilines is 1. The van der Waals surface area contributed by atoms with Crippen molar-refractivity contribution in [3.05, 3.63) is 82.3 Å². The molecular formula is C27H28N4O4. The summed E-state index contributed by atoms with van der Waals surface area (Å²) in [6, 6.07) is 14.6. The van der Waals surface area contributed by atoms with Crippen LogP contribution in [0.15, 0.2) is 54.2 Å². The Kier molecular flexibility index (Phi) is 6.46. The van der Waals surface area contributed by atoms with Crippen LogP contribution in [0.4, 0.5) is 10.5 Å². The van der Waals surface area contributed by atoms with Crippen LogP contribution in [0.2, 0.25) is 0 Å². The van der Waals surface area contributed by atoms with E-state index >= 15 is 0 Å². The van der Waals surface area contributed by atoms with Gasteiger partial charge in [-0.25, -0.2) is 9.69 Å². The van der Waals surface area contributed by atoms with Crippen LogP contribution >= 0.6 is 0 Å². The van der Waals surface area contributed by atoms with Crippen LogP contribution in [0.25, 0.3) is 11.8 Å². The molecule has 2 N–H and O–H groups in total. The van der Waals surface area contributed by atoms with Gasteiger partial charge in [-0.05, 0) is 80.8 Å². The highest BCUT2D eigenvalue weighted by Crippen LogP contribution is 2.26. The first-order chi connectivity index (χ1) is 16.7. The van der Waals surface area contributed by atoms with Crippen molar-refractivity contribution in [1.82, 2.24) is 14.8 Å². The van der Waals surface area contributed by atoms with Gasteiger partial charge in [0.15, 0.2) is 0 Å². The van der Waals surface area contributed by atoms with Gasteiger partial charge in [-0.2, -0.15) is 0 Å². The van der Waals surface area contributed by atoms with E-state index in [0.717, 1.165) is 38.7 Å². The first-order valence-corrected chi connectivity index (χ1v) is 11.2. The number of hydrogen-bond acceptors (Lipinski definition) is 4. The van der Waals surface area contributed by atoms with Gasteiger partial charge >= 0.3 is 6.03 Å². The Balaban J connectivity index is 1.55. The monoisotopic (exact) mass is 472 g/mol. The quantitative estimate of drug-likeness (QED) is 0.414. The molecule has 180 valence electrons. The number of aryl methyl sites for hydroxylation is 3. The summed E-state index contributed by atoms with van der Waals surface area (Å²) >= 11 is 0. The maximum atomic E-state index is 13.0. The van der Waals surface area contributed by atoms with Gasteiger partial charge in [0.1, 0.15) is 18.0 Å². The van der Waals surface area contributed by atoms with Crippen molar-refractivity contribution >= 4 is 29.6 Å². The minimum Gasteiger partial charge on any atom is -0.495 e. The zero-order chi connectivity index (χ0) is 25.3. The third-order valence-electron chi connectivity index (χ3n) is 5.88. The highest BCUT2D eigenvalue weighted by atomic mass is 16.5. The van der Waals surface area contributed by atoms with Crippen LogP contribution in [-0.4, -0.2) is 41.0 Å². The molecule has 8 nitrogen and oxygen atoms in total. The fourth-order valence-corrected chi connectivity index (χ4v) is 4.36. The van der Waals surface area contributed by atoms with Crippen LogP contribution in [0, 0.1) is 27.7 Å². The van der Waals surface area contributed by atoms with E-state index in [2.05, 4.69) is 47.2 Å². The van der Waals surface area contributed by atoms with E-state index in [1.807, 2.05) is 19.9 Å². The fraction of sp³-hybridized carbons (Fsp3) is 0.222. The Morgan fingerprint density at radius 3 is 2.40 bits per heavy atom. The van der Waals surface area contributed by atoms with Crippen LogP contribution in [0.1, 0.15) is 28.1 Å². The third-order valence-corrected chi connectivity index (χ3v) is 5.88. The molecule has 0 atom stereocenters. The molecule has 2 aromatic carbocycles. The molecule has 1 saturated heterocycles. The normalized spacial score (nSPS) is 14.4. The van der Waals surface area contributed by atoms with Crippen molar-refractivity contribution in [2.24, 2.45) is 0 Å². The Morgan fingerprint density at radius 1 is 1.03 bits per heavy atom. The molecule has 1 aliphatic rings. The molecule has 0 bridgehead atoms. The summed E-state index contributed by atoms with van der Waals surface area (Å²) in [5.74, 6) is -0.577. The minimum atomic E-state index is -0.639. The van der Waals surface area contributed by atoms with Gasteiger partial charge in [-0.3, -0.25) is 9.59 Å². The number of nitrogens with zero attached hydrogens (tertiary/aromatic N) is 2. The maximum absolute atomic E-state index is 13.0. The van der Waals surface area contributed by atoms with Crippen LogP contribution < -0.4 is 15.4 Å². The first kappa shape index (κ1) is 23.8. The highest BCUT2D eigenvalue weighted by molar-refractivity contribution is 6.16. The summed E-state index contributed by atoms with van der Waals surface area (Å²) in [6.45, 7) is 7.66. The topological polar surface area (TPSA) is 92.7 Å². The highest BCUT2D eigenvalue weighted by Gasteiger charge is 2.35. The second kappa shape index (κ2) is 9.50. The van der Waals surface area contributed by atoms with Gasteiger partial charge in [0.2, 0.25) is 5.91 Å². The first-order valence-electron chi connectivity index (χ1n) is 11.2. The Hall–Kier alpha value is -4.33. The van der Waals surface area contributed by atoms with E-state index in [-0.39, 0.29) is 5.70 Å². The number of benzene rings is 2. The number of aromatic nitrogens is 1. The molecule has 3 aromatic rings. The lowest BCUT2D eigenvalue weighted by molar-refractivity contribution is -0.127. The van der Waals surface area contributed by atoms with E-state index in [1.54, 1.807) is 30.3 Å². The van der Waals surface area contributed by atoms with Gasteiger partial charge in [0.25, 0.3) is 5.91 Å². The summed E-state index contributed by atoms with van der Waals surface area (Å²) in [4.78, 5) is 38.9. The molecule has 0 radical (unpaired) electrons. The average molecular weight is 473 g/mol. The number of nitrogens with one attached hydrogen (secondary N) is 2. The summed E-state index contributed by atoms with van der Waals surface area (Å²) in [7, 11) is 1.50. The lowest BCUT2D eigenvalue weighted by Gasteiger charge is -2.13. The van der Waals surface area contributed by atoms with E-state index in [4.69, 9.17) is 4.74 Å². The predicted molar refractivity (Wildman–Crippen MR) is 135 cm³/mol. The van der Waals surface area contributed by atoms with Crippen molar-refractivity contribution in [2.75, 3.05) is 19.0 Å². The molecule has 0 unspecified atom stereocenters. The number of hydrogen-bond donors (Lipinski definition) is 2. The van der Waals surface area contributed by atoms with Crippen molar-refractivity contribution in [1.29, 1.82) is 0 Å². The van der Waals surface area contributed by atoms with Gasteiger partial charge in [0.05, 0.1) is 12.8 Å². The summed E-state index contributed by atoms with van der Waals surface area (Å²) in [5, 5.41) is 5.27. The number of methoxy groups -OCH3 is 1. The Morgan fingerprint density at radius 2 is 1.71 bits per heavy atom. The van der Waals surface area contributed by atoms with Gasteiger partial charge in [0, 0.05) is 17.1 Å². The van der Waals surface area contributed by atoms with Crippen molar-refractivity contribution in [3.8, 4) is 11.4 Å². The molecule has 35 heavy (non-hydrogen) atoms. The molecule has 1 fully saturated rings. The second-order valence-electron chi connectivity index (χ2n) is 8.64. The summed E-state index contributed by atoms with van der Waals surface area (Å²) < 4.78 is 7.34. The van der Waals surface area contributed by atoms with E-state index < -0.39 is 24.4 Å². The summed E-state index contributed by atoms with van der Waals surface area (Å²) in [6.07, 6.45) is 1.65. The zero-order valence-electron chi connectivity index (χ0n) is 20.4. The number of carbonyl (C=O) groups excluding carboxylic acids is 3. The molecule has 1 aromatic heterocycles. The van der Waals surface area contributed by atoms with Crippen LogP contribution in [0.3, 0.4) is 0 Å². The number of ether oxygens (including phenoxy) is 1. The molecular weight excluding hydrogens is 444 g/mol.